The number of rotatable bonds is 7. The summed E-state index contributed by atoms with van der Waals surface area (Å²) in [4.78, 5) is 12.0. The molecule has 0 saturated heterocycles. The molecule has 3 aromatic carbocycles. The molecule has 0 aliphatic heterocycles. The minimum Gasteiger partial charge on any atom is -0.493 e. The first kappa shape index (κ1) is 21.2. The normalized spacial score (nSPS) is 11.1. The van der Waals surface area contributed by atoms with Gasteiger partial charge in [-0.2, -0.15) is 0 Å². The van der Waals surface area contributed by atoms with Gasteiger partial charge in [0.25, 0.3) is 0 Å². The van der Waals surface area contributed by atoms with Crippen molar-refractivity contribution in [1.82, 2.24) is 0 Å². The number of alkyl halides is 3. The maximum Gasteiger partial charge on any atom is 0.573 e. The molecule has 0 atom stereocenters. The summed E-state index contributed by atoms with van der Waals surface area (Å²) in [5, 5.41) is 2.49. The molecule has 0 heterocycles. The topological polar surface area (TPSA) is 47.6 Å². The lowest BCUT2D eigenvalue weighted by Gasteiger charge is -2.11. The number of hydrogen-bond donors (Lipinski definition) is 1. The molecule has 156 valence electrons. The highest BCUT2D eigenvalue weighted by molar-refractivity contribution is 5.90. The molecule has 0 unspecified atom stereocenters. The average Bonchev–Trinajstić information content (AvgIpc) is 2.68. The highest BCUT2D eigenvalue weighted by Crippen LogP contribution is 2.25. The maximum absolute atomic E-state index is 13.0. The standard InChI is InChI=1S/C22H17F4NO3/c23-17-8-4-15(5-9-17)16-6-10-19(11-7-16)29-13-12-21(28)27-18-2-1-3-20(14-18)30-22(24,25)26/h1-11,14H,12-13H2,(H,27,28). The number of hydrogen-bond acceptors (Lipinski definition) is 3. The minimum atomic E-state index is -4.80. The fraction of sp³-hybridized carbons (Fsp3) is 0.136. The van der Waals surface area contributed by atoms with Crippen LogP contribution in [0.5, 0.6) is 11.5 Å². The number of halogens is 4. The van der Waals surface area contributed by atoms with E-state index < -0.39 is 18.0 Å². The van der Waals surface area contributed by atoms with Crippen molar-refractivity contribution in [2.24, 2.45) is 0 Å². The molecule has 0 bridgehead atoms. The maximum atomic E-state index is 13.0. The predicted molar refractivity (Wildman–Crippen MR) is 104 cm³/mol. The van der Waals surface area contributed by atoms with E-state index in [0.717, 1.165) is 23.3 Å². The second-order valence-corrected chi connectivity index (χ2v) is 6.25. The zero-order chi connectivity index (χ0) is 21.6. The summed E-state index contributed by atoms with van der Waals surface area (Å²) in [6.45, 7) is 0.0838. The Hall–Kier alpha value is -3.55. The van der Waals surface area contributed by atoms with Crippen LogP contribution in [-0.2, 0) is 4.79 Å². The van der Waals surface area contributed by atoms with Gasteiger partial charge in [0.2, 0.25) is 5.91 Å². The van der Waals surface area contributed by atoms with Gasteiger partial charge in [0.05, 0.1) is 13.0 Å². The number of benzene rings is 3. The van der Waals surface area contributed by atoms with Crippen molar-refractivity contribution in [3.8, 4) is 22.6 Å². The Morgan fingerprint density at radius 2 is 1.50 bits per heavy atom. The van der Waals surface area contributed by atoms with Crippen molar-refractivity contribution < 1.29 is 31.8 Å². The molecule has 1 amide bonds. The second-order valence-electron chi connectivity index (χ2n) is 6.25. The van der Waals surface area contributed by atoms with Gasteiger partial charge in [-0.3, -0.25) is 4.79 Å². The Bertz CT molecular complexity index is 987. The van der Waals surface area contributed by atoms with Crippen molar-refractivity contribution in [2.75, 3.05) is 11.9 Å². The molecule has 0 radical (unpaired) electrons. The van der Waals surface area contributed by atoms with Gasteiger partial charge in [-0.25, -0.2) is 4.39 Å². The number of carbonyl (C=O) groups excluding carboxylic acids is 1. The molecule has 4 nitrogen and oxygen atoms in total. The van der Waals surface area contributed by atoms with Gasteiger partial charge in [0.1, 0.15) is 17.3 Å². The lowest BCUT2D eigenvalue weighted by molar-refractivity contribution is -0.274. The second kappa shape index (κ2) is 9.30. The van der Waals surface area contributed by atoms with Crippen molar-refractivity contribution in [2.45, 2.75) is 12.8 Å². The molecule has 0 aliphatic carbocycles. The van der Waals surface area contributed by atoms with Crippen LogP contribution in [0, 0.1) is 5.82 Å². The van der Waals surface area contributed by atoms with Gasteiger partial charge in [0.15, 0.2) is 0 Å². The van der Waals surface area contributed by atoms with E-state index in [9.17, 15) is 22.4 Å². The lowest BCUT2D eigenvalue weighted by atomic mass is 10.1. The van der Waals surface area contributed by atoms with Crippen LogP contribution >= 0.6 is 0 Å². The third-order valence-corrected chi connectivity index (χ3v) is 3.98. The summed E-state index contributed by atoms with van der Waals surface area (Å²) in [6, 6.07) is 18.2. The van der Waals surface area contributed by atoms with Gasteiger partial charge in [-0.15, -0.1) is 13.2 Å². The molecule has 1 N–H and O–H groups in total. The van der Waals surface area contributed by atoms with Crippen molar-refractivity contribution in [1.29, 1.82) is 0 Å². The number of ether oxygens (including phenoxy) is 2. The molecule has 3 rings (SSSR count). The number of carbonyl (C=O) groups is 1. The molecule has 0 fully saturated rings. The Balaban J connectivity index is 1.47. The van der Waals surface area contributed by atoms with Crippen molar-refractivity contribution in [3.63, 3.8) is 0 Å². The van der Waals surface area contributed by atoms with E-state index >= 15 is 0 Å². The van der Waals surface area contributed by atoms with Gasteiger partial charge in [0, 0.05) is 11.8 Å². The summed E-state index contributed by atoms with van der Waals surface area (Å²) in [5.74, 6) is -0.592. The number of amides is 1. The Labute approximate surface area is 170 Å². The molecule has 0 spiro atoms. The molecular formula is C22H17F4NO3. The minimum absolute atomic E-state index is 0.00404. The van der Waals surface area contributed by atoms with E-state index in [2.05, 4.69) is 10.1 Å². The molecular weight excluding hydrogens is 402 g/mol. The number of nitrogens with one attached hydrogen (secondary N) is 1. The fourth-order valence-electron chi connectivity index (χ4n) is 2.64. The third kappa shape index (κ3) is 6.51. The van der Waals surface area contributed by atoms with Crippen LogP contribution in [-0.4, -0.2) is 18.9 Å². The SMILES string of the molecule is O=C(CCOc1ccc(-c2ccc(F)cc2)cc1)Nc1cccc(OC(F)(F)F)c1. The first-order valence-electron chi connectivity index (χ1n) is 8.93. The van der Waals surface area contributed by atoms with Crippen LogP contribution in [0.3, 0.4) is 0 Å². The van der Waals surface area contributed by atoms with E-state index in [4.69, 9.17) is 4.74 Å². The van der Waals surface area contributed by atoms with E-state index in [1.807, 2.05) is 12.1 Å². The zero-order valence-corrected chi connectivity index (χ0v) is 15.6. The van der Waals surface area contributed by atoms with Crippen LogP contribution in [0.25, 0.3) is 11.1 Å². The van der Waals surface area contributed by atoms with E-state index in [1.54, 1.807) is 24.3 Å². The fourth-order valence-corrected chi connectivity index (χ4v) is 2.64. The molecule has 3 aromatic rings. The highest BCUT2D eigenvalue weighted by Gasteiger charge is 2.31. The van der Waals surface area contributed by atoms with Crippen LogP contribution in [0.1, 0.15) is 6.42 Å². The summed E-state index contributed by atoms with van der Waals surface area (Å²) in [7, 11) is 0. The van der Waals surface area contributed by atoms with Crippen molar-refractivity contribution in [3.05, 3.63) is 78.6 Å². The molecule has 30 heavy (non-hydrogen) atoms. The average molecular weight is 419 g/mol. The predicted octanol–water partition coefficient (Wildman–Crippen LogP) is 5.80. The van der Waals surface area contributed by atoms with Crippen molar-refractivity contribution >= 4 is 11.6 Å². The summed E-state index contributed by atoms with van der Waals surface area (Å²) < 4.78 is 59.1. The molecule has 0 aliphatic rings. The summed E-state index contributed by atoms with van der Waals surface area (Å²) in [5.41, 5.74) is 1.94. The zero-order valence-electron chi connectivity index (χ0n) is 15.6. The van der Waals surface area contributed by atoms with Crippen LogP contribution in [0.2, 0.25) is 0 Å². The summed E-state index contributed by atoms with van der Waals surface area (Å²) in [6.07, 6.45) is -4.80. The largest absolute Gasteiger partial charge is 0.573 e. The van der Waals surface area contributed by atoms with Crippen LogP contribution in [0.15, 0.2) is 72.8 Å². The van der Waals surface area contributed by atoms with Gasteiger partial charge in [-0.05, 0) is 47.5 Å². The Morgan fingerprint density at radius 3 is 2.13 bits per heavy atom. The highest BCUT2D eigenvalue weighted by atomic mass is 19.4. The van der Waals surface area contributed by atoms with Gasteiger partial charge >= 0.3 is 6.36 Å². The van der Waals surface area contributed by atoms with Gasteiger partial charge < -0.3 is 14.8 Å². The van der Waals surface area contributed by atoms with E-state index in [-0.39, 0.29) is 24.5 Å². The van der Waals surface area contributed by atoms with E-state index in [0.29, 0.717) is 5.75 Å². The monoisotopic (exact) mass is 419 g/mol. The summed E-state index contributed by atoms with van der Waals surface area (Å²) >= 11 is 0. The van der Waals surface area contributed by atoms with Gasteiger partial charge in [-0.1, -0.05) is 30.3 Å². The Morgan fingerprint density at radius 1 is 0.867 bits per heavy atom. The first-order chi connectivity index (χ1) is 14.3. The van der Waals surface area contributed by atoms with Crippen LogP contribution in [0.4, 0.5) is 23.2 Å². The molecule has 8 heteroatoms. The van der Waals surface area contributed by atoms with Crippen LogP contribution < -0.4 is 14.8 Å². The number of anilines is 1. The molecule has 0 aromatic heterocycles. The first-order valence-corrected chi connectivity index (χ1v) is 8.93. The van der Waals surface area contributed by atoms with E-state index in [1.165, 1.54) is 24.3 Å². The quantitative estimate of drug-likeness (QED) is 0.493. The smallest absolute Gasteiger partial charge is 0.493 e. The third-order valence-electron chi connectivity index (χ3n) is 3.98. The Kier molecular flexibility index (Phi) is 6.56. The lowest BCUT2D eigenvalue weighted by Crippen LogP contribution is -2.18. The molecule has 0 saturated carbocycles.